The molecule has 30 heavy (non-hydrogen) atoms. The molecule has 0 aliphatic carbocycles. The lowest BCUT2D eigenvalue weighted by Gasteiger charge is -2.18. The van der Waals surface area contributed by atoms with Crippen molar-refractivity contribution in [3.8, 4) is 0 Å². The van der Waals surface area contributed by atoms with E-state index in [1.807, 2.05) is 40.7 Å². The number of anilines is 4. The van der Waals surface area contributed by atoms with Crippen LogP contribution < -0.4 is 21.3 Å². The third-order valence-corrected chi connectivity index (χ3v) is 4.19. The van der Waals surface area contributed by atoms with Crippen LogP contribution in [0.2, 0.25) is 0 Å². The van der Waals surface area contributed by atoms with E-state index in [-0.39, 0.29) is 30.2 Å². The number of hydrogen-bond donors (Lipinski definition) is 4. The van der Waals surface area contributed by atoms with Crippen LogP contribution in [0.25, 0.3) is 0 Å². The van der Waals surface area contributed by atoms with Crippen molar-refractivity contribution < 1.29 is 14.4 Å². The normalized spacial score (nSPS) is 11.0. The molecular weight excluding hydrogens is 380 g/mol. The third-order valence-electron chi connectivity index (χ3n) is 4.19. The highest BCUT2D eigenvalue weighted by molar-refractivity contribution is 5.97. The molecule has 0 aliphatic rings. The van der Waals surface area contributed by atoms with Crippen molar-refractivity contribution in [3.63, 3.8) is 0 Å². The van der Waals surface area contributed by atoms with E-state index in [9.17, 15) is 14.4 Å². The van der Waals surface area contributed by atoms with Crippen molar-refractivity contribution in [2.75, 3.05) is 27.8 Å². The topological polar surface area (TPSA) is 99.3 Å². The Morgan fingerprint density at radius 3 is 1.87 bits per heavy atom. The monoisotopic (exact) mass is 410 g/mol. The van der Waals surface area contributed by atoms with Crippen molar-refractivity contribution in [1.82, 2.24) is 0 Å². The predicted molar refractivity (Wildman–Crippen MR) is 122 cm³/mol. The number of carbonyl (C=O) groups excluding carboxylic acids is 3. The summed E-state index contributed by atoms with van der Waals surface area (Å²) in [6.07, 6.45) is 0. The third kappa shape index (κ3) is 7.24. The summed E-state index contributed by atoms with van der Waals surface area (Å²) in [4.78, 5) is 36.2. The highest BCUT2D eigenvalue weighted by Gasteiger charge is 2.21. The molecule has 160 valence electrons. The molecule has 0 saturated heterocycles. The summed E-state index contributed by atoms with van der Waals surface area (Å²) in [6, 6.07) is 14.2. The van der Waals surface area contributed by atoms with E-state index in [2.05, 4.69) is 21.3 Å². The van der Waals surface area contributed by atoms with Crippen LogP contribution in [0.15, 0.2) is 48.5 Å². The highest BCUT2D eigenvalue weighted by Crippen LogP contribution is 2.20. The maximum Gasteiger partial charge on any atom is 0.243 e. The standard InChI is InChI=1S/C23H30N4O3/c1-15(2)21(29)26-18-10-7-9-17(13-18)25-20(28)14-24-16-8-6-11-19(12-16)27-22(30)23(3,4)5/h6-13,15,24H,14H2,1-5H3,(H,25,28)(H,26,29)(H,27,30). The van der Waals surface area contributed by atoms with E-state index in [4.69, 9.17) is 0 Å². The zero-order valence-corrected chi connectivity index (χ0v) is 18.1. The molecule has 0 radical (unpaired) electrons. The molecule has 2 rings (SSSR count). The summed E-state index contributed by atoms with van der Waals surface area (Å²) >= 11 is 0. The molecule has 0 spiro atoms. The van der Waals surface area contributed by atoms with Crippen LogP contribution >= 0.6 is 0 Å². The molecule has 4 N–H and O–H groups in total. The van der Waals surface area contributed by atoms with E-state index in [1.165, 1.54) is 0 Å². The van der Waals surface area contributed by atoms with E-state index in [1.54, 1.807) is 42.5 Å². The van der Waals surface area contributed by atoms with Gasteiger partial charge in [-0.05, 0) is 36.4 Å². The van der Waals surface area contributed by atoms with E-state index in [0.717, 1.165) is 5.69 Å². The quantitative estimate of drug-likeness (QED) is 0.546. The fourth-order valence-corrected chi connectivity index (χ4v) is 2.37. The fourth-order valence-electron chi connectivity index (χ4n) is 2.37. The largest absolute Gasteiger partial charge is 0.376 e. The average molecular weight is 411 g/mol. The molecule has 0 heterocycles. The molecule has 2 aromatic carbocycles. The van der Waals surface area contributed by atoms with Crippen molar-refractivity contribution >= 4 is 40.5 Å². The van der Waals surface area contributed by atoms with E-state index in [0.29, 0.717) is 17.1 Å². The number of carbonyl (C=O) groups is 3. The minimum Gasteiger partial charge on any atom is -0.376 e. The molecule has 0 unspecified atom stereocenters. The number of nitrogens with one attached hydrogen (secondary N) is 4. The van der Waals surface area contributed by atoms with Gasteiger partial charge in [-0.3, -0.25) is 14.4 Å². The summed E-state index contributed by atoms with van der Waals surface area (Å²) in [6.45, 7) is 9.22. The van der Waals surface area contributed by atoms with Gasteiger partial charge in [0, 0.05) is 34.1 Å². The first-order chi connectivity index (χ1) is 14.0. The zero-order valence-electron chi connectivity index (χ0n) is 18.1. The molecule has 3 amide bonds. The van der Waals surface area contributed by atoms with Gasteiger partial charge in [0.25, 0.3) is 0 Å². The molecule has 7 heteroatoms. The zero-order chi connectivity index (χ0) is 22.3. The number of amides is 3. The average Bonchev–Trinajstić information content (AvgIpc) is 2.66. The van der Waals surface area contributed by atoms with Gasteiger partial charge in [-0.1, -0.05) is 46.8 Å². The lowest BCUT2D eigenvalue weighted by Crippen LogP contribution is -2.27. The van der Waals surface area contributed by atoms with Crippen LogP contribution in [0.3, 0.4) is 0 Å². The van der Waals surface area contributed by atoms with Crippen LogP contribution in [0, 0.1) is 11.3 Å². The first-order valence-electron chi connectivity index (χ1n) is 9.91. The molecule has 0 atom stereocenters. The maximum absolute atomic E-state index is 12.3. The Hall–Kier alpha value is -3.35. The highest BCUT2D eigenvalue weighted by atomic mass is 16.2. The van der Waals surface area contributed by atoms with E-state index >= 15 is 0 Å². The van der Waals surface area contributed by atoms with Crippen molar-refractivity contribution in [1.29, 1.82) is 0 Å². The molecule has 0 fully saturated rings. The molecule has 0 aliphatic heterocycles. The minimum atomic E-state index is -0.494. The van der Waals surface area contributed by atoms with Crippen molar-refractivity contribution in [2.24, 2.45) is 11.3 Å². The van der Waals surface area contributed by atoms with Gasteiger partial charge in [0.05, 0.1) is 6.54 Å². The van der Waals surface area contributed by atoms with Gasteiger partial charge in [0.2, 0.25) is 17.7 Å². The summed E-state index contributed by atoms with van der Waals surface area (Å²) in [7, 11) is 0. The summed E-state index contributed by atoms with van der Waals surface area (Å²) in [5.41, 5.74) is 2.10. The Morgan fingerprint density at radius 1 is 0.800 bits per heavy atom. The summed E-state index contributed by atoms with van der Waals surface area (Å²) in [5, 5.41) is 11.5. The molecular formula is C23H30N4O3. The number of hydrogen-bond acceptors (Lipinski definition) is 4. The molecule has 2 aromatic rings. The Balaban J connectivity index is 1.91. The van der Waals surface area contributed by atoms with Gasteiger partial charge in [-0.25, -0.2) is 0 Å². The lowest BCUT2D eigenvalue weighted by molar-refractivity contribution is -0.123. The van der Waals surface area contributed by atoms with Gasteiger partial charge >= 0.3 is 0 Å². The van der Waals surface area contributed by atoms with Gasteiger partial charge in [-0.2, -0.15) is 0 Å². The second kappa shape index (κ2) is 9.91. The van der Waals surface area contributed by atoms with Crippen LogP contribution in [0.4, 0.5) is 22.7 Å². The van der Waals surface area contributed by atoms with Gasteiger partial charge < -0.3 is 21.3 Å². The number of rotatable bonds is 7. The van der Waals surface area contributed by atoms with E-state index < -0.39 is 5.41 Å². The second-order valence-corrected chi connectivity index (χ2v) is 8.41. The van der Waals surface area contributed by atoms with Crippen LogP contribution in [-0.2, 0) is 14.4 Å². The SMILES string of the molecule is CC(C)C(=O)Nc1cccc(NC(=O)CNc2cccc(NC(=O)C(C)(C)C)c2)c1. The van der Waals surface area contributed by atoms with Gasteiger partial charge in [-0.15, -0.1) is 0 Å². The van der Waals surface area contributed by atoms with Crippen molar-refractivity contribution in [3.05, 3.63) is 48.5 Å². The van der Waals surface area contributed by atoms with Gasteiger partial charge in [0.1, 0.15) is 0 Å². The molecule has 0 saturated carbocycles. The van der Waals surface area contributed by atoms with Crippen LogP contribution in [0.1, 0.15) is 34.6 Å². The van der Waals surface area contributed by atoms with Crippen molar-refractivity contribution in [2.45, 2.75) is 34.6 Å². The minimum absolute atomic E-state index is 0.0548. The molecule has 0 bridgehead atoms. The lowest BCUT2D eigenvalue weighted by atomic mass is 9.95. The summed E-state index contributed by atoms with van der Waals surface area (Å²) < 4.78 is 0. The first kappa shape index (κ1) is 22.9. The Morgan fingerprint density at radius 2 is 1.30 bits per heavy atom. The maximum atomic E-state index is 12.3. The number of benzene rings is 2. The second-order valence-electron chi connectivity index (χ2n) is 8.41. The summed E-state index contributed by atoms with van der Waals surface area (Å²) in [5.74, 6) is -0.525. The smallest absolute Gasteiger partial charge is 0.243 e. The Labute approximate surface area is 177 Å². The molecule has 0 aromatic heterocycles. The van der Waals surface area contributed by atoms with Gasteiger partial charge in [0.15, 0.2) is 0 Å². The molecule has 7 nitrogen and oxygen atoms in total. The Bertz CT molecular complexity index is 917. The predicted octanol–water partition coefficient (Wildman–Crippen LogP) is 4.32. The Kier molecular flexibility index (Phi) is 7.58. The van der Waals surface area contributed by atoms with Crippen LogP contribution in [-0.4, -0.2) is 24.3 Å². The van der Waals surface area contributed by atoms with Crippen LogP contribution in [0.5, 0.6) is 0 Å². The fraction of sp³-hybridized carbons (Fsp3) is 0.348. The first-order valence-corrected chi connectivity index (χ1v) is 9.91.